The van der Waals surface area contributed by atoms with E-state index in [-0.39, 0.29) is 0 Å². The van der Waals surface area contributed by atoms with Gasteiger partial charge in [0.15, 0.2) is 0 Å². The molecule has 2 N–H and O–H groups in total. The Morgan fingerprint density at radius 3 is 2.56 bits per heavy atom. The van der Waals surface area contributed by atoms with Gasteiger partial charge in [0.05, 0.1) is 11.4 Å². The summed E-state index contributed by atoms with van der Waals surface area (Å²) < 4.78 is 0. The quantitative estimate of drug-likeness (QED) is 0.828. The molecule has 0 spiro atoms. The number of anilines is 2. The monoisotopic (exact) mass is 245 g/mol. The van der Waals surface area contributed by atoms with Crippen molar-refractivity contribution in [2.75, 3.05) is 43.4 Å². The van der Waals surface area contributed by atoms with E-state index in [2.05, 4.69) is 34.9 Å². The number of nitrogens with zero attached hydrogens (tertiary/aromatic N) is 2. The molecule has 2 aliphatic rings. The van der Waals surface area contributed by atoms with Gasteiger partial charge in [-0.3, -0.25) is 4.90 Å². The van der Waals surface area contributed by atoms with Crippen molar-refractivity contribution in [3.05, 3.63) is 23.8 Å². The highest BCUT2D eigenvalue weighted by Crippen LogP contribution is 2.31. The standard InChI is InChI=1S/C15H23N3/c1-12-3-2-4-14(15(12)16)18-9-7-17(8-10-18)11-13-5-6-13/h2-4,13H,5-11,16H2,1H3. The predicted molar refractivity (Wildman–Crippen MR) is 77.0 cm³/mol. The lowest BCUT2D eigenvalue weighted by Gasteiger charge is -2.36. The van der Waals surface area contributed by atoms with Crippen LogP contribution in [0.5, 0.6) is 0 Å². The zero-order chi connectivity index (χ0) is 12.5. The Morgan fingerprint density at radius 2 is 1.89 bits per heavy atom. The molecule has 1 heterocycles. The molecule has 1 aromatic carbocycles. The summed E-state index contributed by atoms with van der Waals surface area (Å²) in [7, 11) is 0. The summed E-state index contributed by atoms with van der Waals surface area (Å²) in [6.07, 6.45) is 2.90. The molecule has 0 bridgehead atoms. The summed E-state index contributed by atoms with van der Waals surface area (Å²) in [5.41, 5.74) is 9.55. The van der Waals surface area contributed by atoms with Gasteiger partial charge >= 0.3 is 0 Å². The second-order valence-electron chi connectivity index (χ2n) is 5.74. The second-order valence-corrected chi connectivity index (χ2v) is 5.74. The fourth-order valence-corrected chi connectivity index (χ4v) is 2.78. The highest BCUT2D eigenvalue weighted by atomic mass is 15.3. The maximum Gasteiger partial charge on any atom is 0.0603 e. The van der Waals surface area contributed by atoms with Gasteiger partial charge in [0.1, 0.15) is 0 Å². The average molecular weight is 245 g/mol. The fourth-order valence-electron chi connectivity index (χ4n) is 2.78. The molecule has 2 fully saturated rings. The van der Waals surface area contributed by atoms with Gasteiger partial charge in [-0.25, -0.2) is 0 Å². The minimum atomic E-state index is 0.952. The molecular formula is C15H23N3. The smallest absolute Gasteiger partial charge is 0.0603 e. The first-order valence-corrected chi connectivity index (χ1v) is 7.06. The Hall–Kier alpha value is -1.22. The van der Waals surface area contributed by atoms with Crippen molar-refractivity contribution >= 4 is 11.4 Å². The zero-order valence-electron chi connectivity index (χ0n) is 11.2. The molecule has 98 valence electrons. The molecule has 0 unspecified atom stereocenters. The van der Waals surface area contributed by atoms with Crippen LogP contribution >= 0.6 is 0 Å². The van der Waals surface area contributed by atoms with Crippen molar-refractivity contribution in [2.45, 2.75) is 19.8 Å². The topological polar surface area (TPSA) is 32.5 Å². The van der Waals surface area contributed by atoms with E-state index in [0.717, 1.165) is 24.7 Å². The maximum absolute atomic E-state index is 6.18. The van der Waals surface area contributed by atoms with Gasteiger partial charge in [0.25, 0.3) is 0 Å². The first-order chi connectivity index (χ1) is 8.74. The molecule has 1 saturated heterocycles. The van der Waals surface area contributed by atoms with Gasteiger partial charge in [0, 0.05) is 32.7 Å². The van der Waals surface area contributed by atoms with Crippen molar-refractivity contribution < 1.29 is 0 Å². The van der Waals surface area contributed by atoms with Crippen LogP contribution in [-0.4, -0.2) is 37.6 Å². The molecule has 0 aromatic heterocycles. The number of aryl methyl sites for hydroxylation is 1. The van der Waals surface area contributed by atoms with Gasteiger partial charge in [-0.1, -0.05) is 12.1 Å². The lowest BCUT2D eigenvalue weighted by atomic mass is 10.1. The molecule has 1 aliphatic heterocycles. The van der Waals surface area contributed by atoms with Crippen molar-refractivity contribution in [1.29, 1.82) is 0 Å². The molecule has 0 radical (unpaired) electrons. The van der Waals surface area contributed by atoms with E-state index in [4.69, 9.17) is 5.73 Å². The fraction of sp³-hybridized carbons (Fsp3) is 0.600. The highest BCUT2D eigenvalue weighted by molar-refractivity contribution is 5.71. The molecule has 1 aliphatic carbocycles. The van der Waals surface area contributed by atoms with Gasteiger partial charge in [0.2, 0.25) is 0 Å². The largest absolute Gasteiger partial charge is 0.397 e. The molecule has 18 heavy (non-hydrogen) atoms. The summed E-state index contributed by atoms with van der Waals surface area (Å²) in [6.45, 7) is 7.99. The number of hydrogen-bond donors (Lipinski definition) is 1. The van der Waals surface area contributed by atoms with Crippen LogP contribution in [0.15, 0.2) is 18.2 Å². The van der Waals surface area contributed by atoms with E-state index in [1.54, 1.807) is 0 Å². The van der Waals surface area contributed by atoms with Crippen LogP contribution in [0.2, 0.25) is 0 Å². The lowest BCUT2D eigenvalue weighted by molar-refractivity contribution is 0.248. The summed E-state index contributed by atoms with van der Waals surface area (Å²) in [4.78, 5) is 5.05. The Kier molecular flexibility index (Phi) is 3.16. The van der Waals surface area contributed by atoms with Crippen LogP contribution in [0.25, 0.3) is 0 Å². The highest BCUT2D eigenvalue weighted by Gasteiger charge is 2.26. The average Bonchev–Trinajstić information content (AvgIpc) is 3.18. The number of benzene rings is 1. The number of piperazine rings is 1. The number of hydrogen-bond acceptors (Lipinski definition) is 3. The molecule has 1 saturated carbocycles. The first kappa shape index (κ1) is 11.8. The number of rotatable bonds is 3. The minimum absolute atomic E-state index is 0.952. The SMILES string of the molecule is Cc1cccc(N2CCN(CC3CC3)CC2)c1N. The Labute approximate surface area is 110 Å². The number of para-hydroxylation sites is 1. The van der Waals surface area contributed by atoms with E-state index in [1.165, 1.54) is 43.7 Å². The van der Waals surface area contributed by atoms with Gasteiger partial charge in [-0.2, -0.15) is 0 Å². The summed E-state index contributed by atoms with van der Waals surface area (Å²) in [5.74, 6) is 1.00. The molecule has 3 heteroatoms. The third-order valence-corrected chi connectivity index (χ3v) is 4.23. The molecular weight excluding hydrogens is 222 g/mol. The maximum atomic E-state index is 6.18. The number of nitrogens with two attached hydrogens (primary N) is 1. The summed E-state index contributed by atoms with van der Waals surface area (Å²) in [6, 6.07) is 6.35. The van der Waals surface area contributed by atoms with Crippen molar-refractivity contribution in [3.63, 3.8) is 0 Å². The van der Waals surface area contributed by atoms with Gasteiger partial charge < -0.3 is 10.6 Å². The van der Waals surface area contributed by atoms with Gasteiger partial charge in [-0.15, -0.1) is 0 Å². The predicted octanol–water partition coefficient (Wildman–Crippen LogP) is 2.11. The van der Waals surface area contributed by atoms with Crippen LogP contribution in [0.4, 0.5) is 11.4 Å². The molecule has 0 atom stereocenters. The zero-order valence-corrected chi connectivity index (χ0v) is 11.2. The van der Waals surface area contributed by atoms with Crippen LogP contribution in [0, 0.1) is 12.8 Å². The first-order valence-electron chi connectivity index (χ1n) is 7.06. The normalized spacial score (nSPS) is 21.3. The Balaban J connectivity index is 1.62. The van der Waals surface area contributed by atoms with Crippen LogP contribution < -0.4 is 10.6 Å². The van der Waals surface area contributed by atoms with Crippen LogP contribution in [-0.2, 0) is 0 Å². The molecule has 1 aromatic rings. The van der Waals surface area contributed by atoms with Crippen LogP contribution in [0.3, 0.4) is 0 Å². The molecule has 3 nitrogen and oxygen atoms in total. The molecule has 3 rings (SSSR count). The Morgan fingerprint density at radius 1 is 1.17 bits per heavy atom. The van der Waals surface area contributed by atoms with Gasteiger partial charge in [-0.05, 0) is 37.3 Å². The van der Waals surface area contributed by atoms with Crippen LogP contribution in [0.1, 0.15) is 18.4 Å². The summed E-state index contributed by atoms with van der Waals surface area (Å²) >= 11 is 0. The van der Waals surface area contributed by atoms with Crippen molar-refractivity contribution in [1.82, 2.24) is 4.90 Å². The van der Waals surface area contributed by atoms with Crippen molar-refractivity contribution in [3.8, 4) is 0 Å². The van der Waals surface area contributed by atoms with E-state index in [0.29, 0.717) is 0 Å². The summed E-state index contributed by atoms with van der Waals surface area (Å²) in [5, 5.41) is 0. The minimum Gasteiger partial charge on any atom is -0.397 e. The van der Waals surface area contributed by atoms with Crippen molar-refractivity contribution in [2.24, 2.45) is 5.92 Å². The van der Waals surface area contributed by atoms with E-state index in [1.807, 2.05) is 0 Å². The third-order valence-electron chi connectivity index (χ3n) is 4.23. The van der Waals surface area contributed by atoms with E-state index < -0.39 is 0 Å². The van der Waals surface area contributed by atoms with E-state index in [9.17, 15) is 0 Å². The number of nitrogen functional groups attached to an aromatic ring is 1. The van der Waals surface area contributed by atoms with E-state index >= 15 is 0 Å². The second kappa shape index (κ2) is 4.81. The lowest BCUT2D eigenvalue weighted by Crippen LogP contribution is -2.47. The Bertz CT molecular complexity index is 418. The third kappa shape index (κ3) is 2.46. The molecule has 0 amide bonds.